The molecule has 1 unspecified atom stereocenters. The van der Waals surface area contributed by atoms with Crippen molar-refractivity contribution in [3.63, 3.8) is 0 Å². The van der Waals surface area contributed by atoms with Crippen LogP contribution in [-0.2, 0) is 11.3 Å². The Hall–Kier alpha value is -3.24. The Bertz CT molecular complexity index is 1140. The van der Waals surface area contributed by atoms with Gasteiger partial charge in [-0.2, -0.15) is 5.26 Å². The number of nitrogens with zero attached hydrogens (tertiary/aromatic N) is 3. The molecule has 0 spiro atoms. The van der Waals surface area contributed by atoms with Crippen LogP contribution in [0.4, 0.5) is 10.1 Å². The van der Waals surface area contributed by atoms with Gasteiger partial charge < -0.3 is 10.2 Å². The minimum absolute atomic E-state index is 0.110. The van der Waals surface area contributed by atoms with Gasteiger partial charge in [0, 0.05) is 49.4 Å². The molecule has 1 heterocycles. The Morgan fingerprint density at radius 2 is 1.91 bits per heavy atom. The number of carbonyl (C=O) groups excluding carboxylic acids is 2. The minimum Gasteiger partial charge on any atom is -0.337 e. The van der Waals surface area contributed by atoms with Gasteiger partial charge in [-0.15, -0.1) is 0 Å². The Kier molecular flexibility index (Phi) is 7.82. The van der Waals surface area contributed by atoms with E-state index in [4.69, 9.17) is 5.26 Å². The first-order valence-electron chi connectivity index (χ1n) is 12.5. The Morgan fingerprint density at radius 3 is 2.63 bits per heavy atom. The van der Waals surface area contributed by atoms with Crippen molar-refractivity contribution in [2.75, 3.05) is 25.0 Å². The highest BCUT2D eigenvalue weighted by atomic mass is 19.1. The van der Waals surface area contributed by atoms with E-state index in [2.05, 4.69) is 17.1 Å². The van der Waals surface area contributed by atoms with Crippen LogP contribution in [0.1, 0.15) is 66.1 Å². The Labute approximate surface area is 206 Å². The van der Waals surface area contributed by atoms with Gasteiger partial charge >= 0.3 is 0 Å². The predicted molar refractivity (Wildman–Crippen MR) is 133 cm³/mol. The monoisotopic (exact) mass is 476 g/mol. The molecule has 4 rings (SSSR count). The van der Waals surface area contributed by atoms with Crippen molar-refractivity contribution >= 4 is 17.5 Å². The van der Waals surface area contributed by atoms with Gasteiger partial charge in [-0.25, -0.2) is 4.39 Å². The summed E-state index contributed by atoms with van der Waals surface area (Å²) in [6.07, 6.45) is 5.53. The molecular formula is C28H33FN4O2. The summed E-state index contributed by atoms with van der Waals surface area (Å²) >= 11 is 0. The fourth-order valence-corrected chi connectivity index (χ4v) is 5.28. The summed E-state index contributed by atoms with van der Waals surface area (Å²) in [5, 5.41) is 11.9. The number of hydrogen-bond donors (Lipinski definition) is 1. The summed E-state index contributed by atoms with van der Waals surface area (Å²) in [5.41, 5.74) is 2.78. The molecule has 2 fully saturated rings. The van der Waals surface area contributed by atoms with Crippen LogP contribution in [0.25, 0.3) is 0 Å². The van der Waals surface area contributed by atoms with Crippen molar-refractivity contribution in [1.82, 2.24) is 9.80 Å². The van der Waals surface area contributed by atoms with Crippen LogP contribution in [0.5, 0.6) is 0 Å². The lowest BCUT2D eigenvalue weighted by Crippen LogP contribution is -2.55. The number of carbonyl (C=O) groups is 2. The molecule has 0 radical (unpaired) electrons. The molecule has 1 aliphatic carbocycles. The molecule has 2 aromatic rings. The van der Waals surface area contributed by atoms with E-state index in [1.54, 1.807) is 18.2 Å². The number of nitriles is 1. The maximum atomic E-state index is 14.5. The second-order valence-electron chi connectivity index (χ2n) is 9.83. The van der Waals surface area contributed by atoms with E-state index >= 15 is 0 Å². The van der Waals surface area contributed by atoms with Crippen LogP contribution in [0.2, 0.25) is 0 Å². The largest absolute Gasteiger partial charge is 0.337 e. The second kappa shape index (κ2) is 11.0. The SMILES string of the molecule is Cc1c(CN2CCN(C(=O)C3CCCCC3)C(C)C2)cc(F)cc1NC(=O)c1cccc(C#N)c1. The fourth-order valence-electron chi connectivity index (χ4n) is 5.28. The van der Waals surface area contributed by atoms with Crippen molar-refractivity contribution in [3.05, 3.63) is 64.5 Å². The quantitative estimate of drug-likeness (QED) is 0.668. The molecule has 1 saturated carbocycles. The number of amides is 2. The minimum atomic E-state index is -0.411. The van der Waals surface area contributed by atoms with Gasteiger partial charge in [0.2, 0.25) is 5.91 Å². The first kappa shape index (κ1) is 24.9. The zero-order valence-corrected chi connectivity index (χ0v) is 20.5. The summed E-state index contributed by atoms with van der Waals surface area (Å²) in [7, 11) is 0. The van der Waals surface area contributed by atoms with Crippen molar-refractivity contribution in [2.45, 2.75) is 58.5 Å². The molecule has 184 valence electrons. The lowest BCUT2D eigenvalue weighted by atomic mass is 9.87. The van der Waals surface area contributed by atoms with Crippen LogP contribution in [-0.4, -0.2) is 47.3 Å². The first-order valence-corrected chi connectivity index (χ1v) is 12.5. The molecule has 2 aromatic carbocycles. The third kappa shape index (κ3) is 5.88. The standard InChI is InChI=1S/C28H33FN4O2/c1-19-17-32(11-12-33(19)28(35)22-8-4-3-5-9-22)18-24-14-25(29)15-26(20(24)2)31-27(34)23-10-6-7-21(13-23)16-30/h6-7,10,13-15,19,22H,3-5,8-9,11-12,17-18H2,1-2H3,(H,31,34). The molecule has 1 N–H and O–H groups in total. The number of benzene rings is 2. The average molecular weight is 477 g/mol. The average Bonchev–Trinajstić information content (AvgIpc) is 2.87. The van der Waals surface area contributed by atoms with E-state index < -0.39 is 5.82 Å². The van der Waals surface area contributed by atoms with Crippen molar-refractivity contribution in [1.29, 1.82) is 5.26 Å². The third-order valence-corrected chi connectivity index (χ3v) is 7.33. The maximum absolute atomic E-state index is 14.5. The molecule has 2 aliphatic rings. The van der Waals surface area contributed by atoms with Gasteiger partial charge in [0.1, 0.15) is 5.82 Å². The molecule has 1 aliphatic heterocycles. The Balaban J connectivity index is 1.42. The highest BCUT2D eigenvalue weighted by Crippen LogP contribution is 2.28. The maximum Gasteiger partial charge on any atom is 0.255 e. The van der Waals surface area contributed by atoms with E-state index in [1.165, 1.54) is 24.6 Å². The van der Waals surface area contributed by atoms with Crippen molar-refractivity contribution in [3.8, 4) is 6.07 Å². The first-order chi connectivity index (χ1) is 16.9. The van der Waals surface area contributed by atoms with Crippen LogP contribution < -0.4 is 5.32 Å². The summed E-state index contributed by atoms with van der Waals surface area (Å²) in [6.45, 7) is 6.67. The zero-order valence-electron chi connectivity index (χ0n) is 20.5. The van der Waals surface area contributed by atoms with E-state index in [9.17, 15) is 14.0 Å². The topological polar surface area (TPSA) is 76.4 Å². The van der Waals surface area contributed by atoms with Gasteiger partial charge in [-0.05, 0) is 68.1 Å². The molecule has 0 bridgehead atoms. The number of halogens is 1. The van der Waals surface area contributed by atoms with E-state index in [-0.39, 0.29) is 17.9 Å². The van der Waals surface area contributed by atoms with Gasteiger partial charge in [0.15, 0.2) is 0 Å². The van der Waals surface area contributed by atoms with Crippen LogP contribution in [0, 0.1) is 30.0 Å². The Morgan fingerprint density at radius 1 is 1.14 bits per heavy atom. The summed E-state index contributed by atoms with van der Waals surface area (Å²) in [6, 6.07) is 11.4. The van der Waals surface area contributed by atoms with E-state index in [1.807, 2.05) is 17.9 Å². The molecule has 1 atom stereocenters. The molecular weight excluding hydrogens is 443 g/mol. The van der Waals surface area contributed by atoms with Crippen molar-refractivity contribution < 1.29 is 14.0 Å². The second-order valence-corrected chi connectivity index (χ2v) is 9.83. The van der Waals surface area contributed by atoms with Gasteiger partial charge in [-0.1, -0.05) is 25.3 Å². The van der Waals surface area contributed by atoms with Gasteiger partial charge in [-0.3, -0.25) is 14.5 Å². The zero-order chi connectivity index (χ0) is 24.9. The number of piperazine rings is 1. The van der Waals surface area contributed by atoms with Crippen LogP contribution >= 0.6 is 0 Å². The lowest BCUT2D eigenvalue weighted by molar-refractivity contribution is -0.141. The predicted octanol–water partition coefficient (Wildman–Crippen LogP) is 4.87. The number of hydrogen-bond acceptors (Lipinski definition) is 4. The van der Waals surface area contributed by atoms with Crippen LogP contribution in [0.15, 0.2) is 36.4 Å². The molecule has 35 heavy (non-hydrogen) atoms. The third-order valence-electron chi connectivity index (χ3n) is 7.33. The molecule has 2 amide bonds. The van der Waals surface area contributed by atoms with Crippen LogP contribution in [0.3, 0.4) is 0 Å². The van der Waals surface area contributed by atoms with Crippen molar-refractivity contribution in [2.24, 2.45) is 5.92 Å². The molecule has 6 nitrogen and oxygen atoms in total. The normalized spacial score (nSPS) is 19.3. The number of rotatable bonds is 5. The van der Waals surface area contributed by atoms with E-state index in [0.717, 1.165) is 49.9 Å². The van der Waals surface area contributed by atoms with E-state index in [0.29, 0.717) is 35.8 Å². The van der Waals surface area contributed by atoms with Gasteiger partial charge in [0.05, 0.1) is 11.6 Å². The summed E-state index contributed by atoms with van der Waals surface area (Å²) < 4.78 is 14.5. The highest BCUT2D eigenvalue weighted by Gasteiger charge is 2.32. The summed E-state index contributed by atoms with van der Waals surface area (Å²) in [5.74, 6) is -0.330. The summed E-state index contributed by atoms with van der Waals surface area (Å²) in [4.78, 5) is 30.0. The smallest absolute Gasteiger partial charge is 0.255 e. The lowest BCUT2D eigenvalue weighted by Gasteiger charge is -2.42. The van der Waals surface area contributed by atoms with Gasteiger partial charge in [0.25, 0.3) is 5.91 Å². The number of nitrogens with one attached hydrogen (secondary N) is 1. The molecule has 1 saturated heterocycles. The molecule has 7 heteroatoms. The fraction of sp³-hybridized carbons (Fsp3) is 0.464. The molecule has 0 aromatic heterocycles. The highest BCUT2D eigenvalue weighted by molar-refractivity contribution is 6.04. The number of anilines is 1.